The zero-order chi connectivity index (χ0) is 10.3. The van der Waals surface area contributed by atoms with Gasteiger partial charge in [-0.2, -0.15) is 0 Å². The highest BCUT2D eigenvalue weighted by Gasteiger charge is 2.10. The molecule has 0 radical (unpaired) electrons. The van der Waals surface area contributed by atoms with Gasteiger partial charge in [0.2, 0.25) is 0 Å². The molecule has 0 N–H and O–H groups in total. The molecule has 0 saturated carbocycles. The molecule has 0 unspecified atom stereocenters. The smallest absolute Gasteiger partial charge is 0.0989 e. The fourth-order valence-corrected chi connectivity index (χ4v) is 2.23. The molecule has 0 aliphatic rings. The van der Waals surface area contributed by atoms with Crippen molar-refractivity contribution in [3.8, 4) is 0 Å². The Labute approximate surface area is 89.2 Å². The average molecular weight is 215 g/mol. The van der Waals surface area contributed by atoms with Gasteiger partial charge in [0.1, 0.15) is 6.42 Å². The van der Waals surface area contributed by atoms with Gasteiger partial charge in [0.15, 0.2) is 5.25 Å². The Bertz CT molecular complexity index is 147. The largest absolute Gasteiger partial charge is 0.153 e. The van der Waals surface area contributed by atoms with Gasteiger partial charge in [-0.1, -0.05) is 31.4 Å². The maximum Gasteiger partial charge on any atom is 0.153 e. The first-order valence-corrected chi connectivity index (χ1v) is 9.80. The quantitative estimate of drug-likeness (QED) is 0.357. The summed E-state index contributed by atoms with van der Waals surface area (Å²) >= 11 is 1.89. The summed E-state index contributed by atoms with van der Waals surface area (Å²) in [5.74, 6) is 0. The third kappa shape index (κ3) is 10.1. The third-order valence-corrected chi connectivity index (χ3v) is 4.00. The lowest BCUT2D eigenvalue weighted by atomic mass is 10.2. The van der Waals surface area contributed by atoms with E-state index in [2.05, 4.69) is 44.6 Å². The molecule has 0 saturated heterocycles. The van der Waals surface area contributed by atoms with Crippen molar-refractivity contribution < 1.29 is 0 Å². The second-order valence-corrected chi connectivity index (χ2v) is 10.7. The van der Waals surface area contributed by atoms with Crippen molar-refractivity contribution in [1.29, 1.82) is 0 Å². The molecule has 0 aliphatic heterocycles. The summed E-state index contributed by atoms with van der Waals surface area (Å²) in [4.78, 5) is 0. The number of thioether (sulfide) groups is 1. The van der Waals surface area contributed by atoms with Crippen LogP contribution < -0.4 is 0 Å². The first-order chi connectivity index (χ1) is 5.95. The van der Waals surface area contributed by atoms with Crippen molar-refractivity contribution in [2.24, 2.45) is 0 Å². The number of unbranched alkanes of at least 4 members (excludes halogenated alkanes) is 1. The fourth-order valence-electron chi connectivity index (χ4n) is 1.01. The van der Waals surface area contributed by atoms with Crippen molar-refractivity contribution in [3.05, 3.63) is 17.0 Å². The van der Waals surface area contributed by atoms with Gasteiger partial charge in [0, 0.05) is 6.26 Å². The molecule has 0 fully saturated rings. The third-order valence-electron chi connectivity index (χ3n) is 1.87. The van der Waals surface area contributed by atoms with Crippen molar-refractivity contribution >= 4 is 19.8 Å². The Morgan fingerprint density at radius 1 is 1.31 bits per heavy atom. The van der Waals surface area contributed by atoms with Crippen LogP contribution in [-0.2, 0) is 0 Å². The summed E-state index contributed by atoms with van der Waals surface area (Å²) in [5.41, 5.74) is 2.45. The monoisotopic (exact) mass is 215 g/mol. The number of rotatable bonds is 6. The molecule has 0 rings (SSSR count). The van der Waals surface area contributed by atoms with E-state index in [0.29, 0.717) is 0 Å². The van der Waals surface area contributed by atoms with E-state index in [1.807, 2.05) is 11.8 Å². The molecule has 0 amide bonds. The maximum absolute atomic E-state index is 2.45. The Hall–Kier alpha value is 0.177. The first-order valence-electron chi connectivity index (χ1n) is 5.00. The van der Waals surface area contributed by atoms with E-state index in [0.717, 1.165) is 0 Å². The van der Waals surface area contributed by atoms with E-state index in [1.54, 1.807) is 5.25 Å². The van der Waals surface area contributed by atoms with Gasteiger partial charge in [-0.05, 0) is 12.8 Å². The highest BCUT2D eigenvalue weighted by molar-refractivity contribution is 8.01. The lowest BCUT2D eigenvalue weighted by Crippen LogP contribution is -2.15. The van der Waals surface area contributed by atoms with Crippen LogP contribution in [0, 0.1) is 5.25 Å². The minimum atomic E-state index is -0.935. The SMILES string of the molecule is CS[C+](C)CCC/C=C\[Si](C)(C)C. The Morgan fingerprint density at radius 3 is 2.38 bits per heavy atom. The van der Waals surface area contributed by atoms with Crippen LogP contribution in [-0.4, -0.2) is 14.3 Å². The van der Waals surface area contributed by atoms with Crippen LogP contribution in [0.15, 0.2) is 11.8 Å². The van der Waals surface area contributed by atoms with Gasteiger partial charge in [-0.3, -0.25) is 0 Å². The average Bonchev–Trinajstić information content (AvgIpc) is 2.01. The topological polar surface area (TPSA) is 0 Å². The summed E-state index contributed by atoms with van der Waals surface area (Å²) < 4.78 is 0. The zero-order valence-corrected chi connectivity index (χ0v) is 11.5. The second kappa shape index (κ2) is 6.60. The molecule has 0 aromatic carbocycles. The summed E-state index contributed by atoms with van der Waals surface area (Å²) in [6.07, 6.45) is 8.38. The van der Waals surface area contributed by atoms with Gasteiger partial charge in [-0.25, -0.2) is 0 Å². The van der Waals surface area contributed by atoms with Crippen LogP contribution in [0.1, 0.15) is 26.2 Å². The highest BCUT2D eigenvalue weighted by atomic mass is 32.2. The normalized spacial score (nSPS) is 12.4. The Kier molecular flexibility index (Phi) is 6.69. The van der Waals surface area contributed by atoms with Crippen molar-refractivity contribution in [1.82, 2.24) is 0 Å². The molecule has 0 aromatic heterocycles. The van der Waals surface area contributed by atoms with E-state index in [4.69, 9.17) is 0 Å². The Balaban J connectivity index is 3.41. The molecule has 0 spiro atoms. The van der Waals surface area contributed by atoms with E-state index >= 15 is 0 Å². The molecule has 0 aliphatic carbocycles. The highest BCUT2D eigenvalue weighted by Crippen LogP contribution is 2.21. The molecule has 0 bridgehead atoms. The van der Waals surface area contributed by atoms with Gasteiger partial charge < -0.3 is 0 Å². The molecule has 13 heavy (non-hydrogen) atoms. The molecule has 76 valence electrons. The maximum atomic E-state index is 2.45. The summed E-state index contributed by atoms with van der Waals surface area (Å²) in [6.45, 7) is 9.36. The predicted molar refractivity (Wildman–Crippen MR) is 68.8 cm³/mol. The second-order valence-electron chi connectivity index (χ2n) is 4.57. The van der Waals surface area contributed by atoms with Gasteiger partial charge in [0.25, 0.3) is 0 Å². The lowest BCUT2D eigenvalue weighted by Gasteiger charge is -2.07. The summed E-state index contributed by atoms with van der Waals surface area (Å²) in [5, 5.41) is 1.56. The molecule has 0 aromatic rings. The van der Waals surface area contributed by atoms with Crippen LogP contribution in [0.5, 0.6) is 0 Å². The van der Waals surface area contributed by atoms with Crippen molar-refractivity contribution in [2.75, 3.05) is 6.26 Å². The van der Waals surface area contributed by atoms with Crippen LogP contribution in [0.25, 0.3) is 0 Å². The van der Waals surface area contributed by atoms with Crippen molar-refractivity contribution in [2.45, 2.75) is 45.8 Å². The number of hydrogen-bond acceptors (Lipinski definition) is 1. The fraction of sp³-hybridized carbons (Fsp3) is 0.727. The lowest BCUT2D eigenvalue weighted by molar-refractivity contribution is 0.814. The van der Waals surface area contributed by atoms with Crippen LogP contribution >= 0.6 is 11.8 Å². The summed E-state index contributed by atoms with van der Waals surface area (Å²) in [7, 11) is -0.935. The zero-order valence-electron chi connectivity index (χ0n) is 9.68. The van der Waals surface area contributed by atoms with Crippen molar-refractivity contribution in [3.63, 3.8) is 0 Å². The standard InChI is InChI=1S/C11H23SSi/c1-11(12-2)9-7-6-8-10-13(3,4)5/h8,10H,6-7,9H2,1-5H3/q+1/b10-8-. The number of allylic oxidation sites excluding steroid dienone is 1. The molecule has 0 heterocycles. The van der Waals surface area contributed by atoms with Crippen LogP contribution in [0.2, 0.25) is 19.6 Å². The molecule has 0 atom stereocenters. The van der Waals surface area contributed by atoms with Crippen LogP contribution in [0.4, 0.5) is 0 Å². The van der Waals surface area contributed by atoms with Gasteiger partial charge in [0.05, 0.1) is 26.8 Å². The van der Waals surface area contributed by atoms with E-state index < -0.39 is 8.07 Å². The Morgan fingerprint density at radius 2 is 1.92 bits per heavy atom. The molecule has 0 nitrogen and oxygen atoms in total. The number of hydrogen-bond donors (Lipinski definition) is 0. The minimum Gasteiger partial charge on any atom is -0.0989 e. The van der Waals surface area contributed by atoms with E-state index in [-0.39, 0.29) is 0 Å². The van der Waals surface area contributed by atoms with E-state index in [1.165, 1.54) is 19.3 Å². The molecule has 2 heteroatoms. The predicted octanol–water partition coefficient (Wildman–Crippen LogP) is 4.51. The summed E-state index contributed by atoms with van der Waals surface area (Å²) in [6, 6.07) is 0. The minimum absolute atomic E-state index is 0.935. The molecular formula is C11H23SSi+. The van der Waals surface area contributed by atoms with E-state index in [9.17, 15) is 0 Å². The van der Waals surface area contributed by atoms with Crippen LogP contribution in [0.3, 0.4) is 0 Å². The van der Waals surface area contributed by atoms with Gasteiger partial charge >= 0.3 is 0 Å². The van der Waals surface area contributed by atoms with Gasteiger partial charge in [-0.15, -0.1) is 0 Å². The first kappa shape index (κ1) is 13.2. The molecular weight excluding hydrogens is 192 g/mol.